The Hall–Kier alpha value is -0.570. The summed E-state index contributed by atoms with van der Waals surface area (Å²) < 4.78 is 5.13. The van der Waals surface area contributed by atoms with Crippen LogP contribution in [0.5, 0.6) is 0 Å². The Morgan fingerprint density at radius 1 is 1.28 bits per heavy atom. The van der Waals surface area contributed by atoms with Crippen molar-refractivity contribution in [1.82, 2.24) is 10.2 Å². The molecule has 0 spiro atoms. The third kappa shape index (κ3) is 9.08. The lowest BCUT2D eigenvalue weighted by atomic mass is 9.97. The lowest BCUT2D eigenvalue weighted by Gasteiger charge is -2.33. The minimum absolute atomic E-state index is 0. The topological polar surface area (TPSA) is 74.2 Å². The van der Waals surface area contributed by atoms with Gasteiger partial charge in [-0.25, -0.2) is 0 Å². The fourth-order valence-electron chi connectivity index (χ4n) is 3.15. The molecule has 1 unspecified atom stereocenters. The molecular formula is C18H36IN3O3. The zero-order valence-electron chi connectivity index (χ0n) is 16.0. The van der Waals surface area contributed by atoms with Crippen molar-refractivity contribution in [3.8, 4) is 0 Å². The van der Waals surface area contributed by atoms with Crippen LogP contribution in [0.15, 0.2) is 4.99 Å². The first-order chi connectivity index (χ1) is 11.7. The van der Waals surface area contributed by atoms with Gasteiger partial charge in [-0.3, -0.25) is 9.79 Å². The number of piperidine rings is 1. The highest BCUT2D eigenvalue weighted by atomic mass is 127. The first-order valence-corrected chi connectivity index (χ1v) is 9.46. The summed E-state index contributed by atoms with van der Waals surface area (Å²) in [5.41, 5.74) is 0. The van der Waals surface area contributed by atoms with Gasteiger partial charge in [0.2, 0.25) is 0 Å². The largest absolute Gasteiger partial charge is 0.466 e. The van der Waals surface area contributed by atoms with Crippen molar-refractivity contribution in [2.24, 2.45) is 16.8 Å². The number of halogens is 1. The van der Waals surface area contributed by atoms with Gasteiger partial charge in [-0.05, 0) is 45.4 Å². The van der Waals surface area contributed by atoms with Crippen LogP contribution in [0.3, 0.4) is 0 Å². The second-order valence-corrected chi connectivity index (χ2v) is 6.37. The van der Waals surface area contributed by atoms with Crippen molar-refractivity contribution in [3.63, 3.8) is 0 Å². The van der Waals surface area contributed by atoms with E-state index in [1.54, 1.807) is 0 Å². The smallest absolute Gasteiger partial charge is 0.309 e. The maximum absolute atomic E-state index is 11.8. The number of aliphatic imine (C=N–C) groups is 1. The molecule has 1 heterocycles. The molecule has 2 N–H and O–H groups in total. The molecule has 1 atom stereocenters. The molecule has 1 rings (SSSR count). The standard InChI is InChI=1S/C18H35N3O3.HI/c1-4-7-15(10-13-22)14-20-18(19-5-2)21-11-8-16(9-12-21)17(23)24-6-3;/h15-16,22H,4-14H2,1-3H3,(H,19,20);1H. The number of guanidine groups is 1. The van der Waals surface area contributed by atoms with E-state index in [-0.39, 0.29) is 42.5 Å². The molecule has 1 aliphatic heterocycles. The van der Waals surface area contributed by atoms with Crippen LogP contribution in [0.1, 0.15) is 52.9 Å². The Bertz CT molecular complexity index is 380. The molecule has 148 valence electrons. The van der Waals surface area contributed by atoms with Gasteiger partial charge in [0, 0.05) is 32.8 Å². The van der Waals surface area contributed by atoms with Crippen molar-refractivity contribution < 1.29 is 14.6 Å². The van der Waals surface area contributed by atoms with Crippen LogP contribution in [-0.2, 0) is 9.53 Å². The fraction of sp³-hybridized carbons (Fsp3) is 0.889. The molecule has 0 aromatic carbocycles. The van der Waals surface area contributed by atoms with Gasteiger partial charge >= 0.3 is 5.97 Å². The van der Waals surface area contributed by atoms with Gasteiger partial charge in [0.05, 0.1) is 12.5 Å². The molecule has 7 heteroatoms. The summed E-state index contributed by atoms with van der Waals surface area (Å²) in [6.45, 7) is 9.99. The highest BCUT2D eigenvalue weighted by Crippen LogP contribution is 2.19. The highest BCUT2D eigenvalue weighted by molar-refractivity contribution is 14.0. The van der Waals surface area contributed by atoms with Gasteiger partial charge in [0.15, 0.2) is 5.96 Å². The monoisotopic (exact) mass is 469 g/mol. The summed E-state index contributed by atoms with van der Waals surface area (Å²) in [5, 5.41) is 12.5. The molecule has 0 radical (unpaired) electrons. The van der Waals surface area contributed by atoms with Crippen LogP contribution in [0.2, 0.25) is 0 Å². The quantitative estimate of drug-likeness (QED) is 0.235. The van der Waals surface area contributed by atoms with Crippen molar-refractivity contribution >= 4 is 35.9 Å². The molecule has 1 aliphatic rings. The Balaban J connectivity index is 0.00000576. The number of esters is 1. The number of hydrogen-bond acceptors (Lipinski definition) is 4. The van der Waals surface area contributed by atoms with Crippen LogP contribution in [0.25, 0.3) is 0 Å². The van der Waals surface area contributed by atoms with Gasteiger partial charge in [0.25, 0.3) is 0 Å². The van der Waals surface area contributed by atoms with Crippen molar-refractivity contribution in [2.45, 2.75) is 52.9 Å². The zero-order chi connectivity index (χ0) is 17.8. The van der Waals surface area contributed by atoms with E-state index >= 15 is 0 Å². The SMILES string of the molecule is CCCC(CCO)CN=C(NCC)N1CCC(C(=O)OCC)CC1.I. The fourth-order valence-corrected chi connectivity index (χ4v) is 3.15. The summed E-state index contributed by atoms with van der Waals surface area (Å²) in [7, 11) is 0. The number of nitrogens with zero attached hydrogens (tertiary/aromatic N) is 2. The number of likely N-dealkylation sites (tertiary alicyclic amines) is 1. The van der Waals surface area contributed by atoms with Crippen LogP contribution in [0, 0.1) is 11.8 Å². The van der Waals surface area contributed by atoms with E-state index in [9.17, 15) is 9.90 Å². The number of aliphatic hydroxyl groups excluding tert-OH is 1. The van der Waals surface area contributed by atoms with E-state index in [4.69, 9.17) is 9.73 Å². The van der Waals surface area contributed by atoms with E-state index in [0.717, 1.165) is 64.2 Å². The summed E-state index contributed by atoms with van der Waals surface area (Å²) >= 11 is 0. The van der Waals surface area contributed by atoms with Gasteiger partial charge in [-0.2, -0.15) is 0 Å². The van der Waals surface area contributed by atoms with Crippen LogP contribution in [-0.4, -0.2) is 61.3 Å². The summed E-state index contributed by atoms with van der Waals surface area (Å²) in [6.07, 6.45) is 4.65. The van der Waals surface area contributed by atoms with Gasteiger partial charge in [-0.15, -0.1) is 24.0 Å². The summed E-state index contributed by atoms with van der Waals surface area (Å²) in [6, 6.07) is 0. The number of rotatable bonds is 9. The summed E-state index contributed by atoms with van der Waals surface area (Å²) in [4.78, 5) is 18.9. The third-order valence-corrected chi connectivity index (χ3v) is 4.48. The highest BCUT2D eigenvalue weighted by Gasteiger charge is 2.27. The average molecular weight is 469 g/mol. The minimum Gasteiger partial charge on any atom is -0.466 e. The van der Waals surface area contributed by atoms with Crippen LogP contribution < -0.4 is 5.32 Å². The second kappa shape index (κ2) is 14.6. The Kier molecular flexibility index (Phi) is 14.3. The minimum atomic E-state index is -0.0648. The molecule has 0 bridgehead atoms. The average Bonchev–Trinajstić information content (AvgIpc) is 2.59. The summed E-state index contributed by atoms with van der Waals surface area (Å²) in [5.74, 6) is 1.32. The predicted octanol–water partition coefficient (Wildman–Crippen LogP) is 2.64. The lowest BCUT2D eigenvalue weighted by Crippen LogP contribution is -2.47. The first-order valence-electron chi connectivity index (χ1n) is 9.46. The normalized spacial score (nSPS) is 17.0. The third-order valence-electron chi connectivity index (χ3n) is 4.48. The number of hydrogen-bond donors (Lipinski definition) is 2. The second-order valence-electron chi connectivity index (χ2n) is 6.37. The Morgan fingerprint density at radius 2 is 1.96 bits per heavy atom. The Morgan fingerprint density at radius 3 is 2.48 bits per heavy atom. The zero-order valence-corrected chi connectivity index (χ0v) is 18.3. The van der Waals surface area contributed by atoms with E-state index in [1.165, 1.54) is 0 Å². The molecule has 0 amide bonds. The molecule has 1 saturated heterocycles. The van der Waals surface area contributed by atoms with Crippen molar-refractivity contribution in [3.05, 3.63) is 0 Å². The molecule has 6 nitrogen and oxygen atoms in total. The maximum atomic E-state index is 11.8. The van der Waals surface area contributed by atoms with Gasteiger partial charge < -0.3 is 20.1 Å². The number of ether oxygens (including phenoxy) is 1. The number of aliphatic hydroxyl groups is 1. The first kappa shape index (κ1) is 24.4. The molecule has 0 aromatic rings. The van der Waals surface area contributed by atoms with Crippen molar-refractivity contribution in [1.29, 1.82) is 0 Å². The van der Waals surface area contributed by atoms with E-state index < -0.39 is 0 Å². The van der Waals surface area contributed by atoms with Gasteiger partial charge in [0.1, 0.15) is 0 Å². The molecule has 0 aliphatic carbocycles. The van der Waals surface area contributed by atoms with Crippen LogP contribution in [0.4, 0.5) is 0 Å². The lowest BCUT2D eigenvalue weighted by molar-refractivity contribution is -0.149. The molecule has 25 heavy (non-hydrogen) atoms. The number of nitrogens with one attached hydrogen (secondary N) is 1. The number of carbonyl (C=O) groups excluding carboxylic acids is 1. The maximum Gasteiger partial charge on any atom is 0.309 e. The van der Waals surface area contributed by atoms with Gasteiger partial charge in [-0.1, -0.05) is 13.3 Å². The van der Waals surface area contributed by atoms with E-state index in [0.29, 0.717) is 12.5 Å². The molecule has 1 fully saturated rings. The predicted molar refractivity (Wildman–Crippen MR) is 112 cm³/mol. The molecule has 0 saturated carbocycles. The van der Waals surface area contributed by atoms with E-state index in [1.807, 2.05) is 6.92 Å². The molecule has 0 aromatic heterocycles. The van der Waals surface area contributed by atoms with Crippen LogP contribution >= 0.6 is 24.0 Å². The number of carbonyl (C=O) groups is 1. The molecular weight excluding hydrogens is 433 g/mol. The van der Waals surface area contributed by atoms with Crippen molar-refractivity contribution in [2.75, 3.05) is 39.4 Å². The van der Waals surface area contributed by atoms with E-state index in [2.05, 4.69) is 24.1 Å². The Labute approximate surface area is 169 Å².